The summed E-state index contributed by atoms with van der Waals surface area (Å²) in [5.41, 5.74) is 10.3. The first-order valence-electron chi connectivity index (χ1n) is 12.0. The number of amides is 4. The Morgan fingerprint density at radius 2 is 1.77 bits per heavy atom. The van der Waals surface area contributed by atoms with E-state index < -0.39 is 17.9 Å². The van der Waals surface area contributed by atoms with Gasteiger partial charge in [-0.25, -0.2) is 0 Å². The molecular formula is C26H24N4O5. The second kappa shape index (κ2) is 7.76. The SMILES string of the molecule is NC(=O)[C@@H]1CCCN1C(=O)CCC(=O)c1ccc2[nH]c3c4c(c5c(c3c2c1)C(=O)NC5=O)CCC4. The van der Waals surface area contributed by atoms with Gasteiger partial charge in [0.15, 0.2) is 5.78 Å². The van der Waals surface area contributed by atoms with Gasteiger partial charge in [-0.15, -0.1) is 0 Å². The van der Waals surface area contributed by atoms with Gasteiger partial charge in [0.2, 0.25) is 11.8 Å². The number of hydrogen-bond donors (Lipinski definition) is 3. The maximum Gasteiger partial charge on any atom is 0.259 e. The molecule has 3 aromatic rings. The number of fused-ring (bicyclic) bond motifs is 8. The van der Waals surface area contributed by atoms with Crippen molar-refractivity contribution in [3.63, 3.8) is 0 Å². The Kier molecular flexibility index (Phi) is 4.77. The van der Waals surface area contributed by atoms with Crippen LogP contribution in [0.2, 0.25) is 0 Å². The van der Waals surface area contributed by atoms with Gasteiger partial charge in [0.25, 0.3) is 11.8 Å². The van der Waals surface area contributed by atoms with Crippen molar-refractivity contribution in [1.82, 2.24) is 15.2 Å². The predicted molar refractivity (Wildman–Crippen MR) is 127 cm³/mol. The van der Waals surface area contributed by atoms with E-state index in [0.717, 1.165) is 41.4 Å². The lowest BCUT2D eigenvalue weighted by atomic mass is 9.93. The zero-order valence-corrected chi connectivity index (χ0v) is 19.0. The topological polar surface area (TPSA) is 142 Å². The predicted octanol–water partition coefficient (Wildman–Crippen LogP) is 2.13. The van der Waals surface area contributed by atoms with Crippen molar-refractivity contribution < 1.29 is 24.0 Å². The number of carbonyl (C=O) groups is 5. The Hall–Kier alpha value is -4.01. The number of primary amides is 1. The first kappa shape index (κ1) is 21.5. The summed E-state index contributed by atoms with van der Waals surface area (Å²) < 4.78 is 0. The summed E-state index contributed by atoms with van der Waals surface area (Å²) in [4.78, 5) is 67.4. The molecule has 0 radical (unpaired) electrons. The molecule has 178 valence electrons. The number of Topliss-reactive ketones (excluding diaryl/α,β-unsaturated/α-hetero) is 1. The molecule has 0 saturated carbocycles. The first-order chi connectivity index (χ1) is 16.8. The Morgan fingerprint density at radius 3 is 2.57 bits per heavy atom. The van der Waals surface area contributed by atoms with Crippen molar-refractivity contribution in [3.05, 3.63) is 46.0 Å². The Morgan fingerprint density at radius 1 is 1.00 bits per heavy atom. The summed E-state index contributed by atoms with van der Waals surface area (Å²) in [5.74, 6) is -1.75. The van der Waals surface area contributed by atoms with E-state index in [1.54, 1.807) is 18.2 Å². The normalized spacial score (nSPS) is 18.9. The maximum absolute atomic E-state index is 13.0. The minimum absolute atomic E-state index is 0.00115. The van der Waals surface area contributed by atoms with Crippen LogP contribution in [-0.4, -0.2) is 51.9 Å². The lowest BCUT2D eigenvalue weighted by molar-refractivity contribution is -0.137. The summed E-state index contributed by atoms with van der Waals surface area (Å²) >= 11 is 0. The number of imide groups is 1. The summed E-state index contributed by atoms with van der Waals surface area (Å²) in [6.45, 7) is 0.470. The number of hydrogen-bond acceptors (Lipinski definition) is 5. The average molecular weight is 473 g/mol. The fourth-order valence-electron chi connectivity index (χ4n) is 6.00. The van der Waals surface area contributed by atoms with E-state index in [0.29, 0.717) is 46.8 Å². The van der Waals surface area contributed by atoms with E-state index in [1.807, 2.05) is 0 Å². The van der Waals surface area contributed by atoms with Crippen LogP contribution in [0.25, 0.3) is 21.8 Å². The summed E-state index contributed by atoms with van der Waals surface area (Å²) in [5, 5.41) is 3.82. The third-order valence-electron chi connectivity index (χ3n) is 7.59. The van der Waals surface area contributed by atoms with Crippen LogP contribution in [0.3, 0.4) is 0 Å². The van der Waals surface area contributed by atoms with E-state index in [1.165, 1.54) is 4.90 Å². The van der Waals surface area contributed by atoms with E-state index in [-0.39, 0.29) is 30.4 Å². The molecular weight excluding hydrogens is 448 g/mol. The number of likely N-dealkylation sites (tertiary alicyclic amines) is 1. The van der Waals surface area contributed by atoms with E-state index in [2.05, 4.69) is 10.3 Å². The van der Waals surface area contributed by atoms with Crippen LogP contribution in [0.5, 0.6) is 0 Å². The van der Waals surface area contributed by atoms with Crippen LogP contribution in [0.15, 0.2) is 18.2 Å². The highest BCUT2D eigenvalue weighted by Crippen LogP contribution is 2.41. The van der Waals surface area contributed by atoms with Crippen molar-refractivity contribution in [2.75, 3.05) is 6.54 Å². The number of aromatic nitrogens is 1. The summed E-state index contributed by atoms with van der Waals surface area (Å²) in [6.07, 6.45) is 3.77. The fraction of sp³-hybridized carbons (Fsp3) is 0.346. The van der Waals surface area contributed by atoms with Crippen LogP contribution >= 0.6 is 0 Å². The van der Waals surface area contributed by atoms with Crippen LogP contribution in [0, 0.1) is 0 Å². The number of nitrogens with zero attached hydrogens (tertiary/aromatic N) is 1. The number of carbonyl (C=O) groups excluding carboxylic acids is 5. The van der Waals surface area contributed by atoms with Crippen LogP contribution in [0.1, 0.15) is 74.3 Å². The summed E-state index contributed by atoms with van der Waals surface area (Å²) in [7, 11) is 0. The number of H-pyrrole nitrogens is 1. The minimum Gasteiger partial charge on any atom is -0.368 e. The first-order valence-corrected chi connectivity index (χ1v) is 12.0. The molecule has 0 bridgehead atoms. The molecule has 1 saturated heterocycles. The molecule has 2 aromatic carbocycles. The second-order valence-electron chi connectivity index (χ2n) is 9.55. The number of benzene rings is 2. The van der Waals surface area contributed by atoms with Crippen molar-refractivity contribution in [2.45, 2.75) is 51.0 Å². The van der Waals surface area contributed by atoms with E-state index in [9.17, 15) is 24.0 Å². The molecule has 0 spiro atoms. The van der Waals surface area contributed by atoms with Crippen LogP contribution < -0.4 is 11.1 Å². The van der Waals surface area contributed by atoms with Gasteiger partial charge >= 0.3 is 0 Å². The highest BCUT2D eigenvalue weighted by molar-refractivity contribution is 6.31. The zero-order valence-electron chi connectivity index (χ0n) is 19.0. The van der Waals surface area contributed by atoms with E-state index >= 15 is 0 Å². The number of ketones is 1. The highest BCUT2D eigenvalue weighted by Gasteiger charge is 2.37. The molecule has 1 atom stereocenters. The standard InChI is InChI=1S/C26H24N4O5/c27-24(33)17-5-2-10-30(17)19(32)9-8-18(31)12-6-7-16-15(11-12)20-22-21(25(34)29-26(22)35)13-3-1-4-14(13)23(20)28-16/h6-7,11,17,28H,1-5,8-10H2,(H2,27,33)(H,29,34,35)/t17-/m0/s1. The van der Waals surface area contributed by atoms with Crippen molar-refractivity contribution in [1.29, 1.82) is 0 Å². The monoisotopic (exact) mass is 472 g/mol. The molecule has 1 aliphatic carbocycles. The molecule has 4 N–H and O–H groups in total. The number of aromatic amines is 1. The maximum atomic E-state index is 13.0. The van der Waals surface area contributed by atoms with Gasteiger partial charge in [0, 0.05) is 41.2 Å². The Bertz CT molecular complexity index is 1500. The van der Waals surface area contributed by atoms with E-state index in [4.69, 9.17) is 5.73 Å². The molecule has 6 rings (SSSR count). The Labute approximate surface area is 200 Å². The quantitative estimate of drug-likeness (QED) is 0.385. The van der Waals surface area contributed by atoms with Gasteiger partial charge in [0.1, 0.15) is 6.04 Å². The zero-order chi connectivity index (χ0) is 24.4. The number of rotatable bonds is 5. The minimum atomic E-state index is -0.599. The molecule has 0 unspecified atom stereocenters. The van der Waals surface area contributed by atoms with Gasteiger partial charge in [-0.3, -0.25) is 29.3 Å². The third kappa shape index (κ3) is 3.18. The fourth-order valence-corrected chi connectivity index (χ4v) is 6.00. The lowest BCUT2D eigenvalue weighted by Crippen LogP contribution is -2.43. The van der Waals surface area contributed by atoms with Gasteiger partial charge < -0.3 is 15.6 Å². The molecule has 3 heterocycles. The molecule has 35 heavy (non-hydrogen) atoms. The molecule has 3 aliphatic rings. The number of nitrogens with one attached hydrogen (secondary N) is 2. The summed E-state index contributed by atoms with van der Waals surface area (Å²) in [6, 6.07) is 4.65. The number of aryl methyl sites for hydroxylation is 1. The van der Waals surface area contributed by atoms with Gasteiger partial charge in [-0.1, -0.05) is 0 Å². The largest absolute Gasteiger partial charge is 0.368 e. The molecule has 1 fully saturated rings. The lowest BCUT2D eigenvalue weighted by Gasteiger charge is -2.21. The third-order valence-corrected chi connectivity index (χ3v) is 7.59. The van der Waals surface area contributed by atoms with Gasteiger partial charge in [-0.05, 0) is 61.4 Å². The smallest absolute Gasteiger partial charge is 0.259 e. The molecule has 9 heteroatoms. The van der Waals surface area contributed by atoms with Crippen molar-refractivity contribution >= 4 is 51.2 Å². The molecule has 2 aliphatic heterocycles. The van der Waals surface area contributed by atoms with Crippen molar-refractivity contribution in [2.24, 2.45) is 5.73 Å². The number of nitrogens with two attached hydrogens (primary N) is 1. The van der Waals surface area contributed by atoms with Crippen LogP contribution in [0.4, 0.5) is 0 Å². The van der Waals surface area contributed by atoms with Crippen molar-refractivity contribution in [3.8, 4) is 0 Å². The Balaban J connectivity index is 1.35. The highest BCUT2D eigenvalue weighted by atomic mass is 16.2. The molecule has 1 aromatic heterocycles. The average Bonchev–Trinajstić information content (AvgIpc) is 3.61. The second-order valence-corrected chi connectivity index (χ2v) is 9.55. The van der Waals surface area contributed by atoms with Gasteiger partial charge in [-0.2, -0.15) is 0 Å². The van der Waals surface area contributed by atoms with Gasteiger partial charge in [0.05, 0.1) is 16.6 Å². The molecule has 4 amide bonds. The van der Waals surface area contributed by atoms with Crippen LogP contribution in [-0.2, 0) is 22.4 Å². The molecule has 9 nitrogen and oxygen atoms in total.